The van der Waals surface area contributed by atoms with Gasteiger partial charge in [0.1, 0.15) is 9.79 Å². The average Bonchev–Trinajstić information content (AvgIpc) is 2.33. The highest BCUT2D eigenvalue weighted by molar-refractivity contribution is 8.07. The van der Waals surface area contributed by atoms with Gasteiger partial charge in [-0.25, -0.2) is 16.8 Å². The zero-order chi connectivity index (χ0) is 11.3. The van der Waals surface area contributed by atoms with Gasteiger partial charge in [-0.05, 0) is 18.1 Å². The second-order valence-corrected chi connectivity index (χ2v) is 6.72. The second kappa shape index (κ2) is 3.03. The number of hydrogen-bond acceptors (Lipinski definition) is 4. The molecule has 1 N–H and O–H groups in total. The van der Waals surface area contributed by atoms with Crippen molar-refractivity contribution < 1.29 is 16.8 Å². The molecule has 0 amide bonds. The maximum atomic E-state index is 11.6. The molecule has 0 bridgehead atoms. The van der Waals surface area contributed by atoms with Crippen molar-refractivity contribution in [2.75, 3.05) is 0 Å². The largest absolute Gasteiger partial charge is 0.255 e. The number of aryl methyl sites for hydroxylation is 1. The van der Waals surface area contributed by atoms with Crippen LogP contribution in [0.3, 0.4) is 0 Å². The minimum Gasteiger partial charge on any atom is -0.206 e. The molecule has 0 radical (unpaired) electrons. The SMILES string of the molecule is CCc1cccc2c1S(=O)(=O)NS2(=O)=O. The van der Waals surface area contributed by atoms with Crippen LogP contribution in [0.5, 0.6) is 0 Å². The summed E-state index contributed by atoms with van der Waals surface area (Å²) in [4.78, 5) is -0.255. The Balaban J connectivity index is 2.94. The lowest BCUT2D eigenvalue weighted by atomic mass is 10.2. The molecule has 2 rings (SSSR count). The molecule has 1 heterocycles. The fourth-order valence-corrected chi connectivity index (χ4v) is 5.62. The van der Waals surface area contributed by atoms with E-state index in [1.165, 1.54) is 12.1 Å². The van der Waals surface area contributed by atoms with Crippen molar-refractivity contribution in [3.05, 3.63) is 23.8 Å². The first-order valence-electron chi connectivity index (χ1n) is 4.29. The number of hydrogen-bond donors (Lipinski definition) is 1. The molecule has 0 aliphatic carbocycles. The van der Waals surface area contributed by atoms with Crippen molar-refractivity contribution in [1.29, 1.82) is 0 Å². The van der Waals surface area contributed by atoms with E-state index in [0.29, 0.717) is 12.0 Å². The topological polar surface area (TPSA) is 80.3 Å². The molecule has 1 aromatic carbocycles. The van der Waals surface area contributed by atoms with Gasteiger partial charge in [-0.2, -0.15) is 0 Å². The van der Waals surface area contributed by atoms with Crippen LogP contribution in [0.25, 0.3) is 0 Å². The number of rotatable bonds is 1. The molecular formula is C8H9NO4S2. The zero-order valence-corrected chi connectivity index (χ0v) is 9.52. The molecule has 1 aliphatic heterocycles. The molecule has 1 aromatic rings. The molecule has 82 valence electrons. The monoisotopic (exact) mass is 247 g/mol. The van der Waals surface area contributed by atoms with Crippen LogP contribution in [-0.4, -0.2) is 16.8 Å². The quantitative estimate of drug-likeness (QED) is 0.770. The fourth-order valence-electron chi connectivity index (χ4n) is 1.59. The normalized spacial score (nSPS) is 21.1. The van der Waals surface area contributed by atoms with E-state index >= 15 is 0 Å². The van der Waals surface area contributed by atoms with Gasteiger partial charge in [0.25, 0.3) is 20.0 Å². The Hall–Kier alpha value is -0.920. The van der Waals surface area contributed by atoms with Crippen molar-refractivity contribution in [1.82, 2.24) is 4.13 Å². The van der Waals surface area contributed by atoms with E-state index in [9.17, 15) is 16.8 Å². The number of benzene rings is 1. The highest BCUT2D eigenvalue weighted by Gasteiger charge is 2.39. The van der Waals surface area contributed by atoms with E-state index in [-0.39, 0.29) is 9.79 Å². The van der Waals surface area contributed by atoms with Crippen molar-refractivity contribution in [2.45, 2.75) is 23.1 Å². The molecule has 0 saturated heterocycles. The maximum absolute atomic E-state index is 11.6. The highest BCUT2D eigenvalue weighted by Crippen LogP contribution is 2.31. The predicted octanol–water partition coefficient (Wildman–Crippen LogP) is 0.230. The van der Waals surface area contributed by atoms with Crippen LogP contribution in [0.4, 0.5) is 0 Å². The predicted molar refractivity (Wildman–Crippen MR) is 53.3 cm³/mol. The van der Waals surface area contributed by atoms with Crippen LogP contribution in [0, 0.1) is 0 Å². The summed E-state index contributed by atoms with van der Waals surface area (Å²) in [5.41, 5.74) is 0.515. The highest BCUT2D eigenvalue weighted by atomic mass is 32.3. The van der Waals surface area contributed by atoms with E-state index in [2.05, 4.69) is 0 Å². The van der Waals surface area contributed by atoms with Crippen molar-refractivity contribution in [3.63, 3.8) is 0 Å². The average molecular weight is 247 g/mol. The van der Waals surface area contributed by atoms with E-state index in [1.807, 2.05) is 0 Å². The molecule has 0 unspecified atom stereocenters. The van der Waals surface area contributed by atoms with Crippen molar-refractivity contribution >= 4 is 20.0 Å². The van der Waals surface area contributed by atoms with Gasteiger partial charge in [-0.15, -0.1) is 4.13 Å². The third-order valence-electron chi connectivity index (χ3n) is 2.22. The summed E-state index contributed by atoms with van der Waals surface area (Å²) in [5, 5.41) is 0. The van der Waals surface area contributed by atoms with Gasteiger partial charge in [0.05, 0.1) is 0 Å². The summed E-state index contributed by atoms with van der Waals surface area (Å²) >= 11 is 0. The second-order valence-electron chi connectivity index (χ2n) is 3.19. The minimum atomic E-state index is -3.89. The molecule has 15 heavy (non-hydrogen) atoms. The molecule has 1 aliphatic rings. The summed E-state index contributed by atoms with van der Waals surface area (Å²) < 4.78 is 47.7. The first-order valence-corrected chi connectivity index (χ1v) is 7.25. The lowest BCUT2D eigenvalue weighted by Gasteiger charge is -2.01. The van der Waals surface area contributed by atoms with Gasteiger partial charge in [-0.1, -0.05) is 19.1 Å². The Morgan fingerprint density at radius 3 is 2.40 bits per heavy atom. The third-order valence-corrected chi connectivity index (χ3v) is 6.04. The van der Waals surface area contributed by atoms with E-state index < -0.39 is 20.0 Å². The minimum absolute atomic E-state index is 0.104. The van der Waals surface area contributed by atoms with Crippen LogP contribution >= 0.6 is 0 Å². The molecule has 0 saturated carbocycles. The van der Waals surface area contributed by atoms with Crippen LogP contribution in [0.2, 0.25) is 0 Å². The van der Waals surface area contributed by atoms with E-state index in [0.717, 1.165) is 0 Å². The van der Waals surface area contributed by atoms with Gasteiger partial charge in [-0.3, -0.25) is 0 Å². The number of fused-ring (bicyclic) bond motifs is 1. The lowest BCUT2D eigenvalue weighted by Crippen LogP contribution is -2.21. The smallest absolute Gasteiger partial charge is 0.206 e. The number of nitrogens with one attached hydrogen (secondary N) is 1. The molecule has 7 heteroatoms. The van der Waals surface area contributed by atoms with E-state index in [1.54, 1.807) is 17.1 Å². The van der Waals surface area contributed by atoms with Gasteiger partial charge in [0, 0.05) is 0 Å². The maximum Gasteiger partial charge on any atom is 0.255 e. The first-order chi connectivity index (χ1) is 6.88. The van der Waals surface area contributed by atoms with Crippen LogP contribution in [-0.2, 0) is 26.5 Å². The summed E-state index contributed by atoms with van der Waals surface area (Å²) in [6, 6.07) is 4.44. The molecule has 0 fully saturated rings. The molecule has 0 atom stereocenters. The molecule has 5 nitrogen and oxygen atoms in total. The van der Waals surface area contributed by atoms with Gasteiger partial charge in [0.15, 0.2) is 0 Å². The summed E-state index contributed by atoms with van der Waals surface area (Å²) in [6.45, 7) is 1.77. The first kappa shape index (κ1) is 10.6. The van der Waals surface area contributed by atoms with Crippen molar-refractivity contribution in [3.8, 4) is 0 Å². The van der Waals surface area contributed by atoms with Crippen LogP contribution in [0.15, 0.2) is 28.0 Å². The van der Waals surface area contributed by atoms with Gasteiger partial charge < -0.3 is 0 Å². The fraction of sp³-hybridized carbons (Fsp3) is 0.250. The van der Waals surface area contributed by atoms with Crippen molar-refractivity contribution in [2.24, 2.45) is 0 Å². The zero-order valence-electron chi connectivity index (χ0n) is 7.89. The van der Waals surface area contributed by atoms with Crippen LogP contribution < -0.4 is 4.13 Å². The van der Waals surface area contributed by atoms with E-state index in [4.69, 9.17) is 0 Å². The molecule has 0 aromatic heterocycles. The lowest BCUT2D eigenvalue weighted by molar-refractivity contribution is 0.586. The molecule has 0 spiro atoms. The third kappa shape index (κ3) is 1.47. The Morgan fingerprint density at radius 2 is 1.80 bits per heavy atom. The van der Waals surface area contributed by atoms with Gasteiger partial charge >= 0.3 is 0 Å². The van der Waals surface area contributed by atoms with Crippen LogP contribution in [0.1, 0.15) is 12.5 Å². The Morgan fingerprint density at radius 1 is 1.13 bits per heavy atom. The van der Waals surface area contributed by atoms with Gasteiger partial charge in [0.2, 0.25) is 0 Å². The summed E-state index contributed by atoms with van der Waals surface area (Å²) in [5.74, 6) is 0. The summed E-state index contributed by atoms with van der Waals surface area (Å²) in [6.07, 6.45) is 0.472. The Labute approximate surface area is 88.2 Å². The Bertz CT molecular complexity index is 616. The Kier molecular flexibility index (Phi) is 2.14. The molecular weight excluding hydrogens is 238 g/mol. The summed E-state index contributed by atoms with van der Waals surface area (Å²) in [7, 11) is -7.78. The standard InChI is InChI=1S/C8H9NO4S2/c1-2-6-4-3-5-7-8(6)15(12,13)9-14(7,10)11/h3-5,9H,2H2,1H3. The number of sulfonamides is 2.